The van der Waals surface area contributed by atoms with Crippen molar-refractivity contribution in [2.45, 2.75) is 11.5 Å². The molecule has 7 heteroatoms. The number of aliphatic hydroxyl groups excluding tert-OH is 1. The maximum Gasteiger partial charge on any atom is 0.265 e. The summed E-state index contributed by atoms with van der Waals surface area (Å²) in [5, 5.41) is 10.6. The van der Waals surface area contributed by atoms with Gasteiger partial charge in [-0.25, -0.2) is 8.42 Å². The Balaban J connectivity index is 2.43. The van der Waals surface area contributed by atoms with Crippen molar-refractivity contribution in [2.75, 3.05) is 18.5 Å². The predicted octanol–water partition coefficient (Wildman–Crippen LogP) is 2.07. The lowest BCUT2D eigenvalue weighted by molar-refractivity contribution is 0.285. The molecule has 0 aliphatic heterocycles. The van der Waals surface area contributed by atoms with Gasteiger partial charge in [-0.05, 0) is 18.2 Å². The van der Waals surface area contributed by atoms with E-state index in [9.17, 15) is 8.42 Å². The molecule has 0 saturated heterocycles. The Kier molecular flexibility index (Phi) is 4.32. The van der Waals surface area contributed by atoms with Crippen molar-refractivity contribution in [1.82, 2.24) is 0 Å². The van der Waals surface area contributed by atoms with E-state index in [-0.39, 0.29) is 11.5 Å². The molecule has 0 radical (unpaired) electrons. The molecule has 108 valence electrons. The van der Waals surface area contributed by atoms with Crippen LogP contribution in [-0.4, -0.2) is 27.7 Å². The van der Waals surface area contributed by atoms with Gasteiger partial charge in [-0.1, -0.05) is 12.1 Å². The number of hydrogen-bond donors (Lipinski definition) is 1. The third-order valence-electron chi connectivity index (χ3n) is 2.87. The molecule has 5 nitrogen and oxygen atoms in total. The number of anilines is 1. The van der Waals surface area contributed by atoms with E-state index in [1.54, 1.807) is 24.3 Å². The van der Waals surface area contributed by atoms with Crippen molar-refractivity contribution in [1.29, 1.82) is 0 Å². The summed E-state index contributed by atoms with van der Waals surface area (Å²) in [6, 6.07) is 8.38. The normalized spacial score (nSPS) is 11.3. The average Bonchev–Trinajstić information content (AvgIpc) is 2.96. The number of aliphatic hydroxyl groups is 1. The smallest absolute Gasteiger partial charge is 0.265 e. The van der Waals surface area contributed by atoms with Crippen LogP contribution in [0.3, 0.4) is 0 Å². The summed E-state index contributed by atoms with van der Waals surface area (Å²) in [6.45, 7) is -0.168. The molecule has 1 N–H and O–H groups in total. The first-order valence-corrected chi connectivity index (χ1v) is 8.13. The van der Waals surface area contributed by atoms with E-state index in [2.05, 4.69) is 0 Å². The number of sulfonamides is 1. The molecule has 0 fully saturated rings. The van der Waals surface area contributed by atoms with Crippen molar-refractivity contribution in [3.63, 3.8) is 0 Å². The molecule has 20 heavy (non-hydrogen) atoms. The first kappa shape index (κ1) is 14.8. The largest absolute Gasteiger partial charge is 0.495 e. The number of ether oxygens (including phenoxy) is 1. The Hall–Kier alpha value is -1.57. The number of thiophene rings is 1. The zero-order valence-corrected chi connectivity index (χ0v) is 12.7. The van der Waals surface area contributed by atoms with E-state index < -0.39 is 10.0 Å². The molecule has 0 amide bonds. The van der Waals surface area contributed by atoms with Crippen LogP contribution in [0, 0.1) is 0 Å². The second-order valence-electron chi connectivity index (χ2n) is 4.05. The first-order valence-electron chi connectivity index (χ1n) is 5.81. The molecule has 0 unspecified atom stereocenters. The maximum absolute atomic E-state index is 12.5. The lowest BCUT2D eigenvalue weighted by Gasteiger charge is -2.20. The van der Waals surface area contributed by atoms with Crippen LogP contribution >= 0.6 is 11.3 Å². The van der Waals surface area contributed by atoms with Crippen molar-refractivity contribution in [3.05, 3.63) is 40.6 Å². The fourth-order valence-electron chi connectivity index (χ4n) is 1.76. The van der Waals surface area contributed by atoms with Gasteiger partial charge in [-0.3, -0.25) is 4.31 Å². The van der Waals surface area contributed by atoms with Crippen LogP contribution in [0.1, 0.15) is 4.88 Å². The van der Waals surface area contributed by atoms with E-state index in [0.29, 0.717) is 16.3 Å². The molecular formula is C13H15NO4S2. The first-order chi connectivity index (χ1) is 9.50. The Morgan fingerprint density at radius 1 is 1.35 bits per heavy atom. The molecule has 1 heterocycles. The van der Waals surface area contributed by atoms with Crippen LogP contribution in [0.15, 0.2) is 40.6 Å². The summed E-state index contributed by atoms with van der Waals surface area (Å²) in [5.74, 6) is 0.483. The molecular weight excluding hydrogens is 298 g/mol. The molecule has 0 aliphatic carbocycles. The van der Waals surface area contributed by atoms with E-state index in [1.807, 2.05) is 0 Å². The van der Waals surface area contributed by atoms with E-state index >= 15 is 0 Å². The minimum absolute atomic E-state index is 0.167. The number of nitrogens with zero attached hydrogens (tertiary/aromatic N) is 1. The molecule has 0 bridgehead atoms. The van der Waals surface area contributed by atoms with Gasteiger partial charge in [0.25, 0.3) is 10.0 Å². The molecule has 0 aliphatic rings. The third kappa shape index (κ3) is 2.65. The number of rotatable bonds is 5. The molecule has 2 aromatic rings. The molecule has 0 spiro atoms. The molecule has 2 rings (SSSR count). The molecule has 0 atom stereocenters. The summed E-state index contributed by atoms with van der Waals surface area (Å²) in [4.78, 5) is 0.775. The maximum atomic E-state index is 12.5. The third-order valence-corrected chi connectivity index (χ3v) is 5.69. The van der Waals surface area contributed by atoms with E-state index in [1.165, 1.54) is 41.2 Å². The Morgan fingerprint density at radius 2 is 2.05 bits per heavy atom. The van der Waals surface area contributed by atoms with Crippen LogP contribution in [0.5, 0.6) is 5.75 Å². The van der Waals surface area contributed by atoms with Gasteiger partial charge in [-0.15, -0.1) is 11.3 Å². The summed E-state index contributed by atoms with van der Waals surface area (Å²) in [7, 11) is -0.692. The second-order valence-corrected chi connectivity index (χ2v) is 7.02. The average molecular weight is 313 g/mol. The van der Waals surface area contributed by atoms with Gasteiger partial charge >= 0.3 is 0 Å². The van der Waals surface area contributed by atoms with E-state index in [0.717, 1.165) is 0 Å². The highest BCUT2D eigenvalue weighted by Gasteiger charge is 2.24. The quantitative estimate of drug-likeness (QED) is 0.917. The van der Waals surface area contributed by atoms with Gasteiger partial charge in [0.2, 0.25) is 0 Å². The fraction of sp³-hybridized carbons (Fsp3) is 0.231. The number of hydrogen-bond acceptors (Lipinski definition) is 5. The monoisotopic (exact) mass is 313 g/mol. The van der Waals surface area contributed by atoms with E-state index in [4.69, 9.17) is 9.84 Å². The SMILES string of the molecule is COc1ccccc1N(C)S(=O)(=O)c1csc(CO)c1. The van der Waals surface area contributed by atoms with Crippen LogP contribution in [0.25, 0.3) is 0 Å². The van der Waals surface area contributed by atoms with Crippen molar-refractivity contribution in [2.24, 2.45) is 0 Å². The number of para-hydroxylation sites is 2. The number of methoxy groups -OCH3 is 1. The van der Waals surface area contributed by atoms with Crippen LogP contribution < -0.4 is 9.04 Å². The van der Waals surface area contributed by atoms with Crippen molar-refractivity contribution >= 4 is 27.0 Å². The lowest BCUT2D eigenvalue weighted by Crippen LogP contribution is -2.26. The highest BCUT2D eigenvalue weighted by atomic mass is 32.2. The highest BCUT2D eigenvalue weighted by molar-refractivity contribution is 7.93. The molecule has 1 aromatic carbocycles. The zero-order valence-electron chi connectivity index (χ0n) is 11.1. The lowest BCUT2D eigenvalue weighted by atomic mass is 10.3. The summed E-state index contributed by atoms with van der Waals surface area (Å²) in [6.07, 6.45) is 0. The molecule has 0 saturated carbocycles. The Bertz CT molecular complexity index is 694. The minimum Gasteiger partial charge on any atom is -0.495 e. The van der Waals surface area contributed by atoms with Gasteiger partial charge in [0, 0.05) is 17.3 Å². The minimum atomic E-state index is -3.66. The van der Waals surface area contributed by atoms with Gasteiger partial charge in [0.15, 0.2) is 0 Å². The van der Waals surface area contributed by atoms with Gasteiger partial charge in [-0.2, -0.15) is 0 Å². The summed E-state index contributed by atoms with van der Waals surface area (Å²) >= 11 is 1.21. The molecule has 1 aromatic heterocycles. The van der Waals surface area contributed by atoms with Gasteiger partial charge < -0.3 is 9.84 Å². The van der Waals surface area contributed by atoms with Gasteiger partial charge in [0.1, 0.15) is 5.75 Å². The Morgan fingerprint density at radius 3 is 2.65 bits per heavy atom. The topological polar surface area (TPSA) is 66.8 Å². The Labute approximate surface area is 122 Å². The fourth-order valence-corrected chi connectivity index (χ4v) is 4.08. The van der Waals surface area contributed by atoms with Crippen LogP contribution in [-0.2, 0) is 16.6 Å². The number of benzene rings is 1. The van der Waals surface area contributed by atoms with Gasteiger partial charge in [0.05, 0.1) is 24.3 Å². The highest BCUT2D eigenvalue weighted by Crippen LogP contribution is 2.32. The standard InChI is InChI=1S/C13H15NO4S2/c1-14(12-5-3-4-6-13(12)18-2)20(16,17)11-7-10(8-15)19-9-11/h3-7,9,15H,8H2,1-2H3. The summed E-state index contributed by atoms with van der Waals surface area (Å²) < 4.78 is 31.4. The van der Waals surface area contributed by atoms with Crippen LogP contribution in [0.4, 0.5) is 5.69 Å². The van der Waals surface area contributed by atoms with Crippen LogP contribution in [0.2, 0.25) is 0 Å². The van der Waals surface area contributed by atoms with Crippen molar-refractivity contribution in [3.8, 4) is 5.75 Å². The second kappa shape index (κ2) is 5.82. The summed E-state index contributed by atoms with van der Waals surface area (Å²) in [5.41, 5.74) is 0.465. The predicted molar refractivity (Wildman–Crippen MR) is 78.8 cm³/mol. The van der Waals surface area contributed by atoms with Crippen molar-refractivity contribution < 1.29 is 18.3 Å². The zero-order chi connectivity index (χ0) is 14.8.